The summed E-state index contributed by atoms with van der Waals surface area (Å²) >= 11 is 0. The Morgan fingerprint density at radius 1 is 1.35 bits per heavy atom. The van der Waals surface area contributed by atoms with Crippen LogP contribution in [0.2, 0.25) is 0 Å². The number of rotatable bonds is 3. The molecule has 0 saturated heterocycles. The molecule has 0 aromatic heterocycles. The summed E-state index contributed by atoms with van der Waals surface area (Å²) < 4.78 is 0. The van der Waals surface area contributed by atoms with Crippen molar-refractivity contribution in [2.45, 2.75) is 31.8 Å². The van der Waals surface area contributed by atoms with Crippen LogP contribution in [0.4, 0.5) is 0 Å². The maximum Gasteiger partial charge on any atom is 0.225 e. The lowest BCUT2D eigenvalue weighted by molar-refractivity contribution is -0.134. The minimum absolute atomic E-state index is 0.138. The number of benzene rings is 1. The molecule has 1 aliphatic carbocycles. The largest absolute Gasteiger partial charge is 0.341 e. The highest BCUT2D eigenvalue weighted by Gasteiger charge is 2.29. The van der Waals surface area contributed by atoms with Crippen LogP contribution in [0.3, 0.4) is 0 Å². The Morgan fingerprint density at radius 3 is 2.65 bits per heavy atom. The van der Waals surface area contributed by atoms with E-state index < -0.39 is 0 Å². The summed E-state index contributed by atoms with van der Waals surface area (Å²) in [5.74, 6) is 0.375. The van der Waals surface area contributed by atoms with Gasteiger partial charge in [-0.15, -0.1) is 0 Å². The van der Waals surface area contributed by atoms with Gasteiger partial charge in [0.25, 0.3) is 0 Å². The zero-order valence-corrected chi connectivity index (χ0v) is 10.3. The highest BCUT2D eigenvalue weighted by molar-refractivity contribution is 5.78. The molecular weight excluding hydrogens is 212 g/mol. The quantitative estimate of drug-likeness (QED) is 0.863. The molecule has 3 heteroatoms. The van der Waals surface area contributed by atoms with Crippen molar-refractivity contribution in [2.24, 2.45) is 11.7 Å². The van der Waals surface area contributed by atoms with Gasteiger partial charge >= 0.3 is 0 Å². The summed E-state index contributed by atoms with van der Waals surface area (Å²) in [5.41, 5.74) is 7.02. The molecule has 1 aliphatic rings. The van der Waals surface area contributed by atoms with E-state index in [-0.39, 0.29) is 17.9 Å². The van der Waals surface area contributed by atoms with E-state index in [0.717, 1.165) is 19.3 Å². The highest BCUT2D eigenvalue weighted by Crippen LogP contribution is 2.26. The molecular formula is C14H20N2O. The number of hydrogen-bond acceptors (Lipinski definition) is 2. The summed E-state index contributed by atoms with van der Waals surface area (Å²) in [6.07, 6.45) is 2.77. The maximum atomic E-state index is 12.2. The van der Waals surface area contributed by atoms with Gasteiger partial charge in [-0.25, -0.2) is 0 Å². The fourth-order valence-electron chi connectivity index (χ4n) is 2.49. The zero-order chi connectivity index (χ0) is 12.3. The van der Waals surface area contributed by atoms with Gasteiger partial charge in [0, 0.05) is 25.6 Å². The smallest absolute Gasteiger partial charge is 0.225 e. The lowest BCUT2D eigenvalue weighted by Crippen LogP contribution is -2.32. The third-order valence-electron chi connectivity index (χ3n) is 3.46. The van der Waals surface area contributed by atoms with Crippen molar-refractivity contribution in [1.82, 2.24) is 4.90 Å². The number of hydrogen-bond donors (Lipinski definition) is 1. The van der Waals surface area contributed by atoms with Crippen LogP contribution < -0.4 is 5.73 Å². The Labute approximate surface area is 103 Å². The average Bonchev–Trinajstić information content (AvgIpc) is 2.76. The first-order valence-electron chi connectivity index (χ1n) is 6.21. The van der Waals surface area contributed by atoms with Crippen molar-refractivity contribution in [1.29, 1.82) is 0 Å². The Morgan fingerprint density at radius 2 is 2.06 bits per heavy atom. The molecule has 2 atom stereocenters. The summed E-state index contributed by atoms with van der Waals surface area (Å²) in [6.45, 7) is 0.686. The van der Waals surface area contributed by atoms with Crippen molar-refractivity contribution < 1.29 is 4.79 Å². The highest BCUT2D eigenvalue weighted by atomic mass is 16.2. The van der Waals surface area contributed by atoms with E-state index in [4.69, 9.17) is 5.73 Å². The lowest BCUT2D eigenvalue weighted by Gasteiger charge is -2.21. The molecule has 1 saturated carbocycles. The summed E-state index contributed by atoms with van der Waals surface area (Å²) in [6, 6.07) is 10.3. The molecule has 0 bridgehead atoms. The molecule has 1 aromatic rings. The van der Waals surface area contributed by atoms with Gasteiger partial charge in [-0.3, -0.25) is 4.79 Å². The molecule has 1 amide bonds. The molecule has 2 N–H and O–H groups in total. The molecule has 17 heavy (non-hydrogen) atoms. The molecule has 1 aromatic carbocycles. The summed E-state index contributed by atoms with van der Waals surface area (Å²) in [5, 5.41) is 0. The fraction of sp³-hybridized carbons (Fsp3) is 0.500. The first kappa shape index (κ1) is 12.1. The van der Waals surface area contributed by atoms with Crippen LogP contribution in [0.25, 0.3) is 0 Å². The van der Waals surface area contributed by atoms with Crippen molar-refractivity contribution >= 4 is 5.91 Å². The van der Waals surface area contributed by atoms with Crippen LogP contribution in [-0.2, 0) is 11.3 Å². The van der Waals surface area contributed by atoms with Crippen molar-refractivity contribution in [3.8, 4) is 0 Å². The van der Waals surface area contributed by atoms with Crippen LogP contribution in [-0.4, -0.2) is 23.9 Å². The van der Waals surface area contributed by atoms with Crippen molar-refractivity contribution in [2.75, 3.05) is 7.05 Å². The first-order valence-corrected chi connectivity index (χ1v) is 6.21. The minimum atomic E-state index is 0.138. The maximum absolute atomic E-state index is 12.2. The number of nitrogens with two attached hydrogens (primary N) is 1. The topological polar surface area (TPSA) is 46.3 Å². The number of carbonyl (C=O) groups is 1. The average molecular weight is 232 g/mol. The second-order valence-electron chi connectivity index (χ2n) is 4.95. The van der Waals surface area contributed by atoms with E-state index in [9.17, 15) is 4.79 Å². The molecule has 1 unspecified atom stereocenters. The van der Waals surface area contributed by atoms with E-state index >= 15 is 0 Å². The molecule has 92 valence electrons. The predicted molar refractivity (Wildman–Crippen MR) is 68.2 cm³/mol. The standard InChI is InChI=1S/C14H20N2O/c1-16(10-11-5-3-2-4-6-11)14(17)12-7-8-13(15)9-12/h2-6,12-13H,7-10,15H2,1H3/t12?,13-/m0/s1. The van der Waals surface area contributed by atoms with E-state index in [1.807, 2.05) is 42.3 Å². The minimum Gasteiger partial charge on any atom is -0.341 e. The first-order chi connectivity index (χ1) is 8.16. The second-order valence-corrected chi connectivity index (χ2v) is 4.95. The van der Waals surface area contributed by atoms with Gasteiger partial charge in [-0.05, 0) is 24.8 Å². The van der Waals surface area contributed by atoms with E-state index in [1.54, 1.807) is 0 Å². The van der Waals surface area contributed by atoms with Crippen LogP contribution in [0.5, 0.6) is 0 Å². The second kappa shape index (κ2) is 5.32. The molecule has 0 radical (unpaired) electrons. The molecule has 0 spiro atoms. The van der Waals surface area contributed by atoms with Crippen molar-refractivity contribution in [3.05, 3.63) is 35.9 Å². The fourth-order valence-corrected chi connectivity index (χ4v) is 2.49. The van der Waals surface area contributed by atoms with Gasteiger partial charge in [0.05, 0.1) is 0 Å². The number of nitrogens with zero attached hydrogens (tertiary/aromatic N) is 1. The normalized spacial score (nSPS) is 23.6. The van der Waals surface area contributed by atoms with E-state index in [1.165, 1.54) is 5.56 Å². The molecule has 0 aliphatic heterocycles. The van der Waals surface area contributed by atoms with Gasteiger partial charge in [0.2, 0.25) is 5.91 Å². The lowest BCUT2D eigenvalue weighted by atomic mass is 10.1. The van der Waals surface area contributed by atoms with Gasteiger partial charge in [0.1, 0.15) is 0 Å². The molecule has 2 rings (SSSR count). The zero-order valence-electron chi connectivity index (χ0n) is 10.3. The van der Waals surface area contributed by atoms with E-state index in [2.05, 4.69) is 0 Å². The Balaban J connectivity index is 1.92. The number of carbonyl (C=O) groups excluding carboxylic acids is 1. The van der Waals surface area contributed by atoms with Gasteiger partial charge in [-0.2, -0.15) is 0 Å². The molecule has 1 fully saturated rings. The third-order valence-corrected chi connectivity index (χ3v) is 3.46. The van der Waals surface area contributed by atoms with Gasteiger partial charge < -0.3 is 10.6 Å². The van der Waals surface area contributed by atoms with Crippen molar-refractivity contribution in [3.63, 3.8) is 0 Å². The van der Waals surface area contributed by atoms with Gasteiger partial charge in [-0.1, -0.05) is 30.3 Å². The number of amides is 1. The Bertz CT molecular complexity index is 377. The molecule has 3 nitrogen and oxygen atoms in total. The SMILES string of the molecule is CN(Cc1ccccc1)C(=O)C1CC[C@H](N)C1. The summed E-state index contributed by atoms with van der Waals surface area (Å²) in [7, 11) is 1.87. The predicted octanol–water partition coefficient (Wildman–Crippen LogP) is 1.77. The molecule has 0 heterocycles. The van der Waals surface area contributed by atoms with Crippen LogP contribution in [0.1, 0.15) is 24.8 Å². The Hall–Kier alpha value is -1.35. The van der Waals surface area contributed by atoms with Crippen LogP contribution >= 0.6 is 0 Å². The Kier molecular flexibility index (Phi) is 3.79. The monoisotopic (exact) mass is 232 g/mol. The van der Waals surface area contributed by atoms with E-state index in [0.29, 0.717) is 6.54 Å². The van der Waals surface area contributed by atoms with Gasteiger partial charge in [0.15, 0.2) is 0 Å². The van der Waals surface area contributed by atoms with Crippen LogP contribution in [0.15, 0.2) is 30.3 Å². The third kappa shape index (κ3) is 3.07. The summed E-state index contributed by atoms with van der Waals surface area (Å²) in [4.78, 5) is 14.0. The van der Waals surface area contributed by atoms with Crippen LogP contribution in [0, 0.1) is 5.92 Å².